The van der Waals surface area contributed by atoms with Gasteiger partial charge >= 0.3 is 0 Å². The highest BCUT2D eigenvalue weighted by Crippen LogP contribution is 2.38. The minimum atomic E-state index is 0.0849. The Bertz CT molecular complexity index is 492. The van der Waals surface area contributed by atoms with Crippen LogP contribution in [0.5, 0.6) is 0 Å². The molecular weight excluding hydrogens is 286 g/mol. The zero-order valence-corrected chi connectivity index (χ0v) is 15.1. The van der Waals surface area contributed by atoms with Crippen LogP contribution in [0.1, 0.15) is 76.6 Å². The second-order valence-corrected chi connectivity index (χ2v) is 7.85. The summed E-state index contributed by atoms with van der Waals surface area (Å²) in [5.41, 5.74) is 0.982. The van der Waals surface area contributed by atoms with Gasteiger partial charge in [0.1, 0.15) is 0 Å². The molecule has 0 unspecified atom stereocenters. The third-order valence-corrected chi connectivity index (χ3v) is 4.79. The van der Waals surface area contributed by atoms with E-state index in [1.165, 1.54) is 19.3 Å². The fourth-order valence-corrected chi connectivity index (χ4v) is 3.64. The van der Waals surface area contributed by atoms with E-state index in [1.54, 1.807) is 0 Å². The molecule has 1 aliphatic heterocycles. The standard InChI is InChI=1S/C20H31NO2/c1-19(2)14-10-15-20(3,4)21(19)23-16-9-8-13-18(22)17-11-6-5-7-12-17/h5-7,11-12H,8-10,13-16H2,1-4H3. The lowest BCUT2D eigenvalue weighted by molar-refractivity contribution is -0.281. The molecule has 1 aromatic carbocycles. The van der Waals surface area contributed by atoms with Crippen molar-refractivity contribution in [3.05, 3.63) is 35.9 Å². The van der Waals surface area contributed by atoms with E-state index in [4.69, 9.17) is 4.84 Å². The molecule has 0 radical (unpaired) electrons. The maximum Gasteiger partial charge on any atom is 0.162 e. The normalized spacial score (nSPS) is 20.3. The van der Waals surface area contributed by atoms with Gasteiger partial charge in [0.25, 0.3) is 0 Å². The lowest BCUT2D eigenvalue weighted by atomic mass is 9.82. The molecule has 0 atom stereocenters. The van der Waals surface area contributed by atoms with Crippen LogP contribution in [0.15, 0.2) is 30.3 Å². The quantitative estimate of drug-likeness (QED) is 0.523. The molecular formula is C20H31NO2. The molecule has 1 fully saturated rings. The minimum absolute atomic E-state index is 0.0849. The smallest absolute Gasteiger partial charge is 0.162 e. The summed E-state index contributed by atoms with van der Waals surface area (Å²) in [4.78, 5) is 18.2. The Balaban J connectivity index is 1.73. The van der Waals surface area contributed by atoms with Crippen LogP contribution in [0, 0.1) is 0 Å². The van der Waals surface area contributed by atoms with Gasteiger partial charge in [0.05, 0.1) is 6.61 Å². The number of carbonyl (C=O) groups excluding carboxylic acids is 1. The lowest BCUT2D eigenvalue weighted by Gasteiger charge is -2.51. The second-order valence-electron chi connectivity index (χ2n) is 7.85. The van der Waals surface area contributed by atoms with Gasteiger partial charge in [-0.15, -0.1) is 0 Å². The van der Waals surface area contributed by atoms with Crippen LogP contribution in [0.25, 0.3) is 0 Å². The first-order chi connectivity index (χ1) is 10.8. The molecule has 0 amide bonds. The van der Waals surface area contributed by atoms with Gasteiger partial charge < -0.3 is 0 Å². The minimum Gasteiger partial charge on any atom is -0.298 e. The number of hydrogen-bond donors (Lipinski definition) is 0. The maximum atomic E-state index is 12.1. The SMILES string of the molecule is CC1(C)CCCC(C)(C)N1OCCCCC(=O)c1ccccc1. The molecule has 0 N–H and O–H groups in total. The molecule has 0 bridgehead atoms. The van der Waals surface area contributed by atoms with E-state index in [-0.39, 0.29) is 16.9 Å². The third kappa shape index (κ3) is 4.89. The largest absolute Gasteiger partial charge is 0.298 e. The van der Waals surface area contributed by atoms with Crippen molar-refractivity contribution in [3.63, 3.8) is 0 Å². The van der Waals surface area contributed by atoms with Gasteiger partial charge in [-0.3, -0.25) is 9.63 Å². The average molecular weight is 317 g/mol. The number of hydroxylamine groups is 2. The number of ketones is 1. The number of carbonyl (C=O) groups is 1. The third-order valence-electron chi connectivity index (χ3n) is 4.79. The van der Waals surface area contributed by atoms with Gasteiger partial charge in [-0.05, 0) is 59.8 Å². The molecule has 2 rings (SSSR count). The van der Waals surface area contributed by atoms with Crippen molar-refractivity contribution in [3.8, 4) is 0 Å². The molecule has 1 saturated heterocycles. The molecule has 0 saturated carbocycles. The van der Waals surface area contributed by atoms with Crippen molar-refractivity contribution in [1.82, 2.24) is 5.06 Å². The van der Waals surface area contributed by atoms with Crippen LogP contribution >= 0.6 is 0 Å². The number of piperidine rings is 1. The lowest BCUT2D eigenvalue weighted by Crippen LogP contribution is -2.58. The van der Waals surface area contributed by atoms with Gasteiger partial charge in [-0.2, -0.15) is 5.06 Å². The topological polar surface area (TPSA) is 29.5 Å². The summed E-state index contributed by atoms with van der Waals surface area (Å²) in [6, 6.07) is 9.54. The summed E-state index contributed by atoms with van der Waals surface area (Å²) in [7, 11) is 0. The van der Waals surface area contributed by atoms with Crippen molar-refractivity contribution in [2.24, 2.45) is 0 Å². The summed E-state index contributed by atoms with van der Waals surface area (Å²) >= 11 is 0. The predicted molar refractivity (Wildman–Crippen MR) is 94.4 cm³/mol. The summed E-state index contributed by atoms with van der Waals surface area (Å²) in [6.07, 6.45) is 5.99. The fraction of sp³-hybridized carbons (Fsp3) is 0.650. The Morgan fingerprint density at radius 3 is 2.26 bits per heavy atom. The zero-order chi connectivity index (χ0) is 16.9. The van der Waals surface area contributed by atoms with E-state index in [1.807, 2.05) is 30.3 Å². The van der Waals surface area contributed by atoms with Crippen LogP contribution in [-0.2, 0) is 4.84 Å². The molecule has 3 nitrogen and oxygen atoms in total. The summed E-state index contributed by atoms with van der Waals surface area (Å²) in [5, 5.41) is 2.20. The molecule has 1 aliphatic rings. The fourth-order valence-electron chi connectivity index (χ4n) is 3.64. The van der Waals surface area contributed by atoms with Crippen molar-refractivity contribution in [1.29, 1.82) is 0 Å². The maximum absolute atomic E-state index is 12.1. The molecule has 23 heavy (non-hydrogen) atoms. The van der Waals surface area contributed by atoms with Crippen LogP contribution in [0.3, 0.4) is 0 Å². The number of nitrogens with zero attached hydrogens (tertiary/aromatic N) is 1. The van der Waals surface area contributed by atoms with Crippen LogP contribution in [0.2, 0.25) is 0 Å². The Kier molecular flexibility index (Phi) is 5.99. The molecule has 1 heterocycles. The van der Waals surface area contributed by atoms with E-state index in [2.05, 4.69) is 32.8 Å². The van der Waals surface area contributed by atoms with E-state index in [9.17, 15) is 4.79 Å². The van der Waals surface area contributed by atoms with Crippen molar-refractivity contribution in [2.45, 2.75) is 77.3 Å². The van der Waals surface area contributed by atoms with Gasteiger partial charge in [-0.1, -0.05) is 30.3 Å². The molecule has 128 valence electrons. The number of Topliss-reactive ketones (excluding diaryl/α,β-unsaturated/α-hetero) is 1. The molecule has 0 spiro atoms. The molecule has 0 aliphatic carbocycles. The number of benzene rings is 1. The van der Waals surface area contributed by atoms with E-state index >= 15 is 0 Å². The van der Waals surface area contributed by atoms with Crippen molar-refractivity contribution < 1.29 is 9.63 Å². The van der Waals surface area contributed by atoms with E-state index in [0.29, 0.717) is 13.0 Å². The number of unbranched alkanes of at least 4 members (excludes halogenated alkanes) is 1. The van der Waals surface area contributed by atoms with Crippen LogP contribution in [-0.4, -0.2) is 28.5 Å². The first kappa shape index (κ1) is 18.2. The average Bonchev–Trinajstić information content (AvgIpc) is 2.49. The Morgan fingerprint density at radius 2 is 1.65 bits per heavy atom. The Hall–Kier alpha value is -1.19. The number of hydrogen-bond acceptors (Lipinski definition) is 3. The van der Waals surface area contributed by atoms with Gasteiger partial charge in [0.2, 0.25) is 0 Å². The van der Waals surface area contributed by atoms with E-state index in [0.717, 1.165) is 18.4 Å². The predicted octanol–water partition coefficient (Wildman–Crippen LogP) is 5.01. The van der Waals surface area contributed by atoms with Crippen LogP contribution < -0.4 is 0 Å². The second kappa shape index (κ2) is 7.59. The highest BCUT2D eigenvalue weighted by atomic mass is 16.7. The van der Waals surface area contributed by atoms with Gasteiger partial charge in [-0.25, -0.2) is 0 Å². The van der Waals surface area contributed by atoms with E-state index < -0.39 is 0 Å². The Labute approximate surface area is 141 Å². The molecule has 3 heteroatoms. The van der Waals surface area contributed by atoms with Crippen LogP contribution in [0.4, 0.5) is 0 Å². The first-order valence-electron chi connectivity index (χ1n) is 8.84. The molecule has 1 aromatic rings. The first-order valence-corrected chi connectivity index (χ1v) is 8.84. The zero-order valence-electron chi connectivity index (χ0n) is 15.1. The Morgan fingerprint density at radius 1 is 1.04 bits per heavy atom. The van der Waals surface area contributed by atoms with Crippen molar-refractivity contribution in [2.75, 3.05) is 6.61 Å². The monoisotopic (exact) mass is 317 g/mol. The van der Waals surface area contributed by atoms with Gasteiger partial charge in [0, 0.05) is 23.1 Å². The van der Waals surface area contributed by atoms with Gasteiger partial charge in [0.15, 0.2) is 5.78 Å². The summed E-state index contributed by atoms with van der Waals surface area (Å²) in [5.74, 6) is 0.226. The highest BCUT2D eigenvalue weighted by Gasteiger charge is 2.42. The van der Waals surface area contributed by atoms with Crippen molar-refractivity contribution >= 4 is 5.78 Å². The highest BCUT2D eigenvalue weighted by molar-refractivity contribution is 5.95. The molecule has 0 aromatic heterocycles. The summed E-state index contributed by atoms with van der Waals surface area (Å²) < 4.78 is 0. The number of rotatable bonds is 7. The summed E-state index contributed by atoms with van der Waals surface area (Å²) in [6.45, 7) is 9.72.